The van der Waals surface area contributed by atoms with Crippen LogP contribution in [0.1, 0.15) is 87.8 Å². The zero-order valence-corrected chi connectivity index (χ0v) is 24.2. The predicted molar refractivity (Wildman–Crippen MR) is 153 cm³/mol. The number of anilines is 1. The Hall–Kier alpha value is -2.32. The molecule has 0 bridgehead atoms. The van der Waals surface area contributed by atoms with Crippen LogP contribution in [-0.2, 0) is 13.0 Å². The van der Waals surface area contributed by atoms with Crippen molar-refractivity contribution in [2.45, 2.75) is 79.2 Å². The van der Waals surface area contributed by atoms with Gasteiger partial charge in [-0.3, -0.25) is 9.78 Å². The minimum Gasteiger partial charge on any atom is -0.492 e. The van der Waals surface area contributed by atoms with Crippen LogP contribution in [0, 0.1) is 0 Å². The van der Waals surface area contributed by atoms with Crippen LogP contribution in [0.25, 0.3) is 0 Å². The number of fused-ring (bicyclic) bond motifs is 1. The SMILES string of the molecule is CCC=C(NC(=O)c1ccnc(CNc2ncc(Br)c3c2CCO3)c1)S/C(CCCC)=C(\C)CCC. The summed E-state index contributed by atoms with van der Waals surface area (Å²) < 4.78 is 6.57. The van der Waals surface area contributed by atoms with Gasteiger partial charge in [0.2, 0.25) is 0 Å². The van der Waals surface area contributed by atoms with E-state index < -0.39 is 0 Å². The van der Waals surface area contributed by atoms with Crippen LogP contribution in [0.15, 0.2) is 50.6 Å². The van der Waals surface area contributed by atoms with Crippen molar-refractivity contribution < 1.29 is 9.53 Å². The lowest BCUT2D eigenvalue weighted by Gasteiger charge is -2.15. The van der Waals surface area contributed by atoms with Crippen LogP contribution < -0.4 is 15.4 Å². The molecule has 1 amide bonds. The van der Waals surface area contributed by atoms with Crippen molar-refractivity contribution in [3.63, 3.8) is 0 Å². The zero-order chi connectivity index (χ0) is 25.9. The molecule has 0 unspecified atom stereocenters. The number of carbonyl (C=O) groups is 1. The van der Waals surface area contributed by atoms with Crippen molar-refractivity contribution in [1.29, 1.82) is 0 Å². The Morgan fingerprint density at radius 3 is 2.81 bits per heavy atom. The van der Waals surface area contributed by atoms with E-state index in [9.17, 15) is 4.79 Å². The fraction of sp³-hybridized carbons (Fsp3) is 0.464. The van der Waals surface area contributed by atoms with Crippen LogP contribution in [-0.4, -0.2) is 22.5 Å². The van der Waals surface area contributed by atoms with Crippen molar-refractivity contribution in [2.24, 2.45) is 0 Å². The number of amides is 1. The molecule has 6 nitrogen and oxygen atoms in total. The molecule has 0 radical (unpaired) electrons. The third-order valence-corrected chi connectivity index (χ3v) is 7.77. The highest BCUT2D eigenvalue weighted by Crippen LogP contribution is 2.37. The molecule has 0 aromatic carbocycles. The van der Waals surface area contributed by atoms with Gasteiger partial charge in [-0.05, 0) is 65.6 Å². The van der Waals surface area contributed by atoms with E-state index in [1.165, 1.54) is 10.5 Å². The summed E-state index contributed by atoms with van der Waals surface area (Å²) in [6, 6.07) is 3.59. The van der Waals surface area contributed by atoms with E-state index in [1.54, 1.807) is 30.2 Å². The minimum absolute atomic E-state index is 0.120. The molecule has 1 aliphatic rings. The highest BCUT2D eigenvalue weighted by Gasteiger charge is 2.20. The highest BCUT2D eigenvalue weighted by atomic mass is 79.9. The molecule has 0 saturated heterocycles. The van der Waals surface area contributed by atoms with Crippen LogP contribution in [0.5, 0.6) is 5.75 Å². The summed E-state index contributed by atoms with van der Waals surface area (Å²) in [5.74, 6) is 1.52. The molecule has 2 aromatic rings. The number of thioether (sulfide) groups is 1. The van der Waals surface area contributed by atoms with E-state index in [2.05, 4.69) is 70.3 Å². The summed E-state index contributed by atoms with van der Waals surface area (Å²) in [6.07, 6.45) is 12.8. The number of hydrogen-bond donors (Lipinski definition) is 2. The number of nitrogens with zero attached hydrogens (tertiary/aromatic N) is 2. The fourth-order valence-electron chi connectivity index (χ4n) is 4.02. The Bertz CT molecular complexity index is 1120. The van der Waals surface area contributed by atoms with Gasteiger partial charge in [0.15, 0.2) is 0 Å². The number of unbranched alkanes of at least 4 members (excludes halogenated alkanes) is 1. The minimum atomic E-state index is -0.120. The van der Waals surface area contributed by atoms with Crippen LogP contribution in [0.2, 0.25) is 0 Å². The first-order valence-corrected chi connectivity index (χ1v) is 14.4. The van der Waals surface area contributed by atoms with Crippen LogP contribution >= 0.6 is 27.7 Å². The van der Waals surface area contributed by atoms with Gasteiger partial charge in [-0.25, -0.2) is 4.98 Å². The summed E-state index contributed by atoms with van der Waals surface area (Å²) in [5, 5.41) is 7.40. The molecule has 1 aliphatic heterocycles. The normalized spacial score (nSPS) is 13.6. The average Bonchev–Trinajstić information content (AvgIpc) is 3.38. The highest BCUT2D eigenvalue weighted by molar-refractivity contribution is 9.10. The first-order valence-electron chi connectivity index (χ1n) is 12.8. The number of ether oxygens (including phenoxy) is 1. The lowest BCUT2D eigenvalue weighted by molar-refractivity contribution is 0.0968. The summed E-state index contributed by atoms with van der Waals surface area (Å²) in [5.41, 5.74) is 3.85. The van der Waals surface area contributed by atoms with Crippen LogP contribution in [0.4, 0.5) is 5.82 Å². The van der Waals surface area contributed by atoms with E-state index in [-0.39, 0.29) is 5.91 Å². The van der Waals surface area contributed by atoms with E-state index in [0.29, 0.717) is 18.7 Å². The topological polar surface area (TPSA) is 76.1 Å². The molecule has 0 aliphatic carbocycles. The average molecular weight is 574 g/mol. The van der Waals surface area contributed by atoms with Crippen molar-refractivity contribution in [3.05, 3.63) is 67.4 Å². The van der Waals surface area contributed by atoms with E-state index in [4.69, 9.17) is 4.74 Å². The molecule has 3 heterocycles. The number of rotatable bonds is 13. The molecule has 194 valence electrons. The van der Waals surface area contributed by atoms with Gasteiger partial charge >= 0.3 is 0 Å². The second-order valence-electron chi connectivity index (χ2n) is 8.84. The molecule has 3 rings (SSSR count). The maximum atomic E-state index is 13.2. The Morgan fingerprint density at radius 2 is 2.06 bits per heavy atom. The molecule has 0 atom stereocenters. The molecule has 8 heteroatoms. The van der Waals surface area contributed by atoms with E-state index in [0.717, 1.165) is 77.3 Å². The second-order valence-corrected chi connectivity index (χ2v) is 10.8. The summed E-state index contributed by atoms with van der Waals surface area (Å²) >= 11 is 5.20. The van der Waals surface area contributed by atoms with Crippen molar-refractivity contribution >= 4 is 39.4 Å². The van der Waals surface area contributed by atoms with E-state index >= 15 is 0 Å². The largest absolute Gasteiger partial charge is 0.492 e. The van der Waals surface area contributed by atoms with Gasteiger partial charge in [-0.1, -0.05) is 57.0 Å². The molecule has 0 saturated carbocycles. The number of hydrogen-bond acceptors (Lipinski definition) is 6. The molecule has 0 spiro atoms. The number of halogens is 1. The summed E-state index contributed by atoms with van der Waals surface area (Å²) in [7, 11) is 0. The second kappa shape index (κ2) is 14.4. The predicted octanol–water partition coefficient (Wildman–Crippen LogP) is 7.76. The van der Waals surface area contributed by atoms with Gasteiger partial charge in [-0.2, -0.15) is 0 Å². The molecule has 36 heavy (non-hydrogen) atoms. The number of pyridine rings is 2. The Kier molecular flexibility index (Phi) is 11.3. The smallest absolute Gasteiger partial charge is 0.256 e. The lowest BCUT2D eigenvalue weighted by Crippen LogP contribution is -2.22. The van der Waals surface area contributed by atoms with Crippen molar-refractivity contribution in [1.82, 2.24) is 15.3 Å². The Labute approximate surface area is 227 Å². The quantitative estimate of drug-likeness (QED) is 0.255. The monoisotopic (exact) mass is 572 g/mol. The van der Waals surface area contributed by atoms with Gasteiger partial charge in [-0.15, -0.1) is 0 Å². The first-order chi connectivity index (χ1) is 17.5. The standard InChI is InChI=1S/C28H37BrN4O2S/c1-5-8-11-24(19(4)9-6-2)36-25(10-7-3)33-28(34)20-12-14-30-21(16-20)17-31-27-22-13-15-35-26(22)23(29)18-32-27/h10,12,14,16,18H,5-9,11,13,15,17H2,1-4H3,(H,31,32)(H,33,34)/b24-19+,25-10?. The lowest BCUT2D eigenvalue weighted by atomic mass is 10.1. The van der Waals surface area contributed by atoms with Gasteiger partial charge in [0, 0.05) is 29.9 Å². The first kappa shape index (κ1) is 28.3. The summed E-state index contributed by atoms with van der Waals surface area (Å²) in [4.78, 5) is 23.5. The van der Waals surface area contributed by atoms with Crippen molar-refractivity contribution in [3.8, 4) is 5.75 Å². The zero-order valence-electron chi connectivity index (χ0n) is 21.7. The van der Waals surface area contributed by atoms with E-state index in [1.807, 2.05) is 6.07 Å². The third kappa shape index (κ3) is 7.84. The van der Waals surface area contributed by atoms with Gasteiger partial charge in [0.1, 0.15) is 11.6 Å². The van der Waals surface area contributed by atoms with Crippen molar-refractivity contribution in [2.75, 3.05) is 11.9 Å². The number of allylic oxidation sites excluding steroid dienone is 3. The van der Waals surface area contributed by atoms with Gasteiger partial charge < -0.3 is 15.4 Å². The molecular formula is C28H37BrN4O2S. The fourth-order valence-corrected chi connectivity index (χ4v) is 5.66. The molecule has 0 fully saturated rings. The summed E-state index contributed by atoms with van der Waals surface area (Å²) in [6.45, 7) is 9.85. The Morgan fingerprint density at radius 1 is 1.22 bits per heavy atom. The third-order valence-electron chi connectivity index (χ3n) is 5.92. The number of aromatic nitrogens is 2. The van der Waals surface area contributed by atoms with Gasteiger partial charge in [0.05, 0.1) is 28.3 Å². The molecule has 2 aromatic heterocycles. The molecular weight excluding hydrogens is 536 g/mol. The van der Waals surface area contributed by atoms with Crippen LogP contribution in [0.3, 0.4) is 0 Å². The van der Waals surface area contributed by atoms with Gasteiger partial charge in [0.25, 0.3) is 5.91 Å². The maximum absolute atomic E-state index is 13.2. The number of carbonyl (C=O) groups excluding carboxylic acids is 1. The number of nitrogens with one attached hydrogen (secondary N) is 2. The maximum Gasteiger partial charge on any atom is 0.256 e. The Balaban J connectivity index is 1.69. The molecule has 2 N–H and O–H groups in total.